The van der Waals surface area contributed by atoms with Crippen LogP contribution in [0.4, 0.5) is 0 Å². The van der Waals surface area contributed by atoms with Crippen molar-refractivity contribution in [2.75, 3.05) is 0 Å². The van der Waals surface area contributed by atoms with Crippen LogP contribution in [0.1, 0.15) is 0 Å². The summed E-state index contributed by atoms with van der Waals surface area (Å²) in [5.74, 6) is 0.670. The van der Waals surface area contributed by atoms with Gasteiger partial charge in [0.25, 0.3) is 0 Å². The first-order valence-corrected chi connectivity index (χ1v) is 17.0. The molecule has 0 aliphatic carbocycles. The molecule has 50 heavy (non-hydrogen) atoms. The van der Waals surface area contributed by atoms with Gasteiger partial charge in [-0.25, -0.2) is 9.97 Å². The Morgan fingerprint density at radius 2 is 0.880 bits per heavy atom. The van der Waals surface area contributed by atoms with Crippen molar-refractivity contribution in [2.24, 2.45) is 0 Å². The Hall–Kier alpha value is -6.78. The minimum atomic E-state index is 0.670. The van der Waals surface area contributed by atoms with E-state index >= 15 is 0 Å². The SMILES string of the molecule is c1ccc(-c2ccc(-c3ccc(-c4nc(-n5c6ccccc6c6c5c5cccc7c8ccccc8c6n75)nc5ccccc45)cc3)cc2)cc1. The number of para-hydroxylation sites is 2. The van der Waals surface area contributed by atoms with Gasteiger partial charge in [-0.2, -0.15) is 0 Å². The number of hydrogen-bond acceptors (Lipinski definition) is 2. The number of fused-ring (bicyclic) bond motifs is 9. The molecule has 5 aromatic heterocycles. The number of nitrogens with zero attached hydrogens (tertiary/aromatic N) is 4. The maximum atomic E-state index is 5.40. The molecule has 0 atom stereocenters. The zero-order valence-corrected chi connectivity index (χ0v) is 27.0. The van der Waals surface area contributed by atoms with E-state index in [0.717, 1.165) is 38.7 Å². The molecule has 0 unspecified atom stereocenters. The summed E-state index contributed by atoms with van der Waals surface area (Å²) in [4.78, 5) is 10.7. The molecule has 0 aliphatic heterocycles. The third-order valence-electron chi connectivity index (χ3n) is 10.3. The Balaban J connectivity index is 1.11. The highest BCUT2D eigenvalue weighted by Crippen LogP contribution is 2.44. The fourth-order valence-corrected chi connectivity index (χ4v) is 8.05. The number of pyridine rings is 1. The van der Waals surface area contributed by atoms with Gasteiger partial charge in [0.05, 0.1) is 38.8 Å². The molecule has 11 aromatic rings. The first-order chi connectivity index (χ1) is 24.8. The molecule has 0 radical (unpaired) electrons. The predicted octanol–water partition coefficient (Wildman–Crippen LogP) is 11.7. The highest BCUT2D eigenvalue weighted by atomic mass is 15.2. The molecule has 0 saturated heterocycles. The molecule has 232 valence electrons. The van der Waals surface area contributed by atoms with Crippen molar-refractivity contribution in [3.8, 4) is 39.5 Å². The summed E-state index contributed by atoms with van der Waals surface area (Å²) in [5.41, 5.74) is 13.5. The largest absolute Gasteiger partial charge is 0.306 e. The summed E-state index contributed by atoms with van der Waals surface area (Å²) in [6.45, 7) is 0. The fraction of sp³-hybridized carbons (Fsp3) is 0. The fourth-order valence-electron chi connectivity index (χ4n) is 8.05. The number of hydrogen-bond donors (Lipinski definition) is 0. The van der Waals surface area contributed by atoms with Gasteiger partial charge >= 0.3 is 0 Å². The van der Waals surface area contributed by atoms with Crippen LogP contribution >= 0.6 is 0 Å². The van der Waals surface area contributed by atoms with E-state index in [2.05, 4.69) is 179 Å². The van der Waals surface area contributed by atoms with Gasteiger partial charge in [-0.3, -0.25) is 4.57 Å². The summed E-state index contributed by atoms with van der Waals surface area (Å²) in [7, 11) is 0. The zero-order chi connectivity index (χ0) is 32.8. The van der Waals surface area contributed by atoms with E-state index in [-0.39, 0.29) is 0 Å². The van der Waals surface area contributed by atoms with Crippen LogP contribution < -0.4 is 0 Å². The number of aromatic nitrogens is 4. The first kappa shape index (κ1) is 27.2. The monoisotopic (exact) mass is 636 g/mol. The van der Waals surface area contributed by atoms with E-state index < -0.39 is 0 Å². The van der Waals surface area contributed by atoms with Gasteiger partial charge in [0.2, 0.25) is 5.95 Å². The average molecular weight is 637 g/mol. The molecule has 0 saturated carbocycles. The van der Waals surface area contributed by atoms with Crippen LogP contribution in [0, 0.1) is 0 Å². The lowest BCUT2D eigenvalue weighted by Gasteiger charge is -2.12. The second-order valence-corrected chi connectivity index (χ2v) is 13.0. The number of rotatable bonds is 4. The topological polar surface area (TPSA) is 35.1 Å². The molecule has 0 N–H and O–H groups in total. The molecule has 5 heterocycles. The van der Waals surface area contributed by atoms with Gasteiger partial charge in [-0.05, 0) is 46.5 Å². The van der Waals surface area contributed by atoms with Gasteiger partial charge in [-0.1, -0.05) is 146 Å². The smallest absolute Gasteiger partial charge is 0.235 e. The van der Waals surface area contributed by atoms with Gasteiger partial charge in [-0.15, -0.1) is 0 Å². The second kappa shape index (κ2) is 10.4. The van der Waals surface area contributed by atoms with Crippen LogP contribution in [0.3, 0.4) is 0 Å². The molecular weight excluding hydrogens is 609 g/mol. The minimum absolute atomic E-state index is 0.670. The van der Waals surface area contributed by atoms with Crippen LogP contribution in [0.2, 0.25) is 0 Å². The lowest BCUT2D eigenvalue weighted by molar-refractivity contribution is 1.02. The lowest BCUT2D eigenvalue weighted by Crippen LogP contribution is -2.03. The van der Waals surface area contributed by atoms with Crippen molar-refractivity contribution in [3.63, 3.8) is 0 Å². The molecule has 0 bridgehead atoms. The van der Waals surface area contributed by atoms with Crippen LogP contribution in [-0.4, -0.2) is 18.9 Å². The molecule has 4 heteroatoms. The summed E-state index contributed by atoms with van der Waals surface area (Å²) < 4.78 is 4.70. The molecule has 0 spiro atoms. The Morgan fingerprint density at radius 1 is 0.340 bits per heavy atom. The van der Waals surface area contributed by atoms with Gasteiger partial charge < -0.3 is 4.40 Å². The average Bonchev–Trinajstić information content (AvgIpc) is 3.83. The van der Waals surface area contributed by atoms with E-state index in [1.807, 2.05) is 0 Å². The van der Waals surface area contributed by atoms with Crippen LogP contribution in [0.25, 0.3) is 99.5 Å². The second-order valence-electron chi connectivity index (χ2n) is 13.0. The Bertz CT molecular complexity index is 3060. The van der Waals surface area contributed by atoms with Crippen molar-refractivity contribution >= 4 is 60.0 Å². The maximum absolute atomic E-state index is 5.40. The highest BCUT2D eigenvalue weighted by molar-refractivity contribution is 6.30. The Morgan fingerprint density at radius 3 is 1.62 bits per heavy atom. The molecular formula is C46H28N4. The van der Waals surface area contributed by atoms with Crippen LogP contribution in [0.15, 0.2) is 170 Å². The van der Waals surface area contributed by atoms with Crippen molar-refractivity contribution in [1.82, 2.24) is 18.9 Å². The van der Waals surface area contributed by atoms with Crippen molar-refractivity contribution in [3.05, 3.63) is 170 Å². The lowest BCUT2D eigenvalue weighted by atomic mass is 9.98. The van der Waals surface area contributed by atoms with E-state index in [1.165, 1.54) is 54.8 Å². The summed E-state index contributed by atoms with van der Waals surface area (Å²) in [5, 5.41) is 6.00. The van der Waals surface area contributed by atoms with E-state index in [0.29, 0.717) is 5.95 Å². The summed E-state index contributed by atoms with van der Waals surface area (Å²) in [6, 6.07) is 60.5. The van der Waals surface area contributed by atoms with Crippen LogP contribution in [0.5, 0.6) is 0 Å². The quantitative estimate of drug-likeness (QED) is 0.193. The first-order valence-electron chi connectivity index (χ1n) is 17.0. The molecule has 0 fully saturated rings. The minimum Gasteiger partial charge on any atom is -0.306 e. The summed E-state index contributed by atoms with van der Waals surface area (Å²) >= 11 is 0. The molecule has 11 rings (SSSR count). The van der Waals surface area contributed by atoms with Gasteiger partial charge in [0, 0.05) is 32.5 Å². The Labute approximate surface area is 287 Å². The molecule has 0 amide bonds. The van der Waals surface area contributed by atoms with Gasteiger partial charge in [0.1, 0.15) is 0 Å². The molecule has 0 aliphatic rings. The third kappa shape index (κ3) is 3.81. The molecule has 4 nitrogen and oxygen atoms in total. The van der Waals surface area contributed by atoms with E-state index in [9.17, 15) is 0 Å². The van der Waals surface area contributed by atoms with E-state index in [4.69, 9.17) is 9.97 Å². The number of benzene rings is 6. The van der Waals surface area contributed by atoms with Crippen molar-refractivity contribution in [2.45, 2.75) is 0 Å². The van der Waals surface area contributed by atoms with Gasteiger partial charge in [0.15, 0.2) is 0 Å². The third-order valence-corrected chi connectivity index (χ3v) is 10.3. The molecule has 6 aromatic carbocycles. The zero-order valence-electron chi connectivity index (χ0n) is 27.0. The standard InChI is InChI=1S/C46H28N4/c1-2-11-29(12-3-1)30-21-23-31(24-22-30)32-25-27-33(28-26-32)43-36-15-6-8-17-38(36)47-46(48-43)50-40-18-9-7-16-37(40)42-44-35-14-5-4-13-34(35)39-19-10-20-41(45(42)50)49(39)44/h1-28H. The highest BCUT2D eigenvalue weighted by Gasteiger charge is 2.25. The van der Waals surface area contributed by atoms with E-state index in [1.54, 1.807) is 0 Å². The maximum Gasteiger partial charge on any atom is 0.235 e. The van der Waals surface area contributed by atoms with Crippen molar-refractivity contribution in [1.29, 1.82) is 0 Å². The Kier molecular flexibility index (Phi) is 5.63. The predicted molar refractivity (Wildman–Crippen MR) is 207 cm³/mol. The summed E-state index contributed by atoms with van der Waals surface area (Å²) in [6.07, 6.45) is 0. The van der Waals surface area contributed by atoms with Crippen LogP contribution in [-0.2, 0) is 0 Å². The van der Waals surface area contributed by atoms with Crippen molar-refractivity contribution < 1.29 is 0 Å². The normalized spacial score (nSPS) is 12.0.